The van der Waals surface area contributed by atoms with Crippen molar-refractivity contribution in [3.05, 3.63) is 54.1 Å². The summed E-state index contributed by atoms with van der Waals surface area (Å²) in [6.45, 7) is 2.62. The number of rotatable bonds is 8. The molecule has 2 aromatic rings. The lowest BCUT2D eigenvalue weighted by molar-refractivity contribution is -0.116. The number of hydrogen-bond donors (Lipinski definition) is 3. The fourth-order valence-electron chi connectivity index (χ4n) is 2.34. The SMILES string of the molecule is CNC(=O)Nc1ccc(NC(=O)CCCCOc2cccc(C)c2)cc1. The predicted molar refractivity (Wildman–Crippen MR) is 104 cm³/mol. The standard InChI is InChI=1S/C20H25N3O3/c1-15-6-5-7-18(14-15)26-13-4-3-8-19(24)22-16-9-11-17(12-10-16)23-20(25)21-2/h5-7,9-12,14H,3-4,8,13H2,1-2H3,(H,22,24)(H2,21,23,25). The van der Waals surface area contributed by atoms with Crippen LogP contribution in [0.25, 0.3) is 0 Å². The molecule has 2 aromatic carbocycles. The largest absolute Gasteiger partial charge is 0.494 e. The van der Waals surface area contributed by atoms with Crippen molar-refractivity contribution in [2.24, 2.45) is 0 Å². The van der Waals surface area contributed by atoms with Crippen molar-refractivity contribution in [2.75, 3.05) is 24.3 Å². The summed E-state index contributed by atoms with van der Waals surface area (Å²) in [7, 11) is 1.55. The lowest BCUT2D eigenvalue weighted by atomic mass is 10.2. The van der Waals surface area contributed by atoms with E-state index in [-0.39, 0.29) is 11.9 Å². The first kappa shape index (κ1) is 19.3. The van der Waals surface area contributed by atoms with E-state index >= 15 is 0 Å². The van der Waals surface area contributed by atoms with E-state index in [1.807, 2.05) is 31.2 Å². The highest BCUT2D eigenvalue weighted by molar-refractivity contribution is 5.92. The van der Waals surface area contributed by atoms with Crippen LogP contribution in [0.2, 0.25) is 0 Å². The van der Waals surface area contributed by atoms with Gasteiger partial charge in [-0.15, -0.1) is 0 Å². The number of carbonyl (C=O) groups is 2. The number of anilines is 2. The molecule has 0 aromatic heterocycles. The summed E-state index contributed by atoms with van der Waals surface area (Å²) in [5.74, 6) is 0.826. The second-order valence-corrected chi connectivity index (χ2v) is 5.95. The number of carbonyl (C=O) groups excluding carboxylic acids is 2. The molecule has 6 nitrogen and oxygen atoms in total. The molecule has 0 saturated heterocycles. The van der Waals surface area contributed by atoms with Gasteiger partial charge in [0.25, 0.3) is 0 Å². The van der Waals surface area contributed by atoms with Crippen LogP contribution in [0.15, 0.2) is 48.5 Å². The fraction of sp³-hybridized carbons (Fsp3) is 0.300. The Balaban J connectivity index is 1.64. The van der Waals surface area contributed by atoms with E-state index in [4.69, 9.17) is 4.74 Å². The fourth-order valence-corrected chi connectivity index (χ4v) is 2.34. The van der Waals surface area contributed by atoms with Crippen LogP contribution in [-0.4, -0.2) is 25.6 Å². The van der Waals surface area contributed by atoms with Gasteiger partial charge in [-0.05, 0) is 61.7 Å². The van der Waals surface area contributed by atoms with Gasteiger partial charge in [0.15, 0.2) is 0 Å². The summed E-state index contributed by atoms with van der Waals surface area (Å²) in [4.78, 5) is 23.2. The van der Waals surface area contributed by atoms with Crippen molar-refractivity contribution in [3.8, 4) is 5.75 Å². The van der Waals surface area contributed by atoms with E-state index in [0.29, 0.717) is 24.4 Å². The van der Waals surface area contributed by atoms with Crippen LogP contribution in [-0.2, 0) is 4.79 Å². The summed E-state index contributed by atoms with van der Waals surface area (Å²) >= 11 is 0. The number of aryl methyl sites for hydroxylation is 1. The maximum atomic E-state index is 12.0. The Labute approximate surface area is 153 Å². The Morgan fingerprint density at radius 3 is 2.31 bits per heavy atom. The van der Waals surface area contributed by atoms with Crippen LogP contribution in [0, 0.1) is 6.92 Å². The molecule has 0 atom stereocenters. The molecule has 3 N–H and O–H groups in total. The molecule has 0 aliphatic heterocycles. The monoisotopic (exact) mass is 355 g/mol. The Morgan fingerprint density at radius 2 is 1.65 bits per heavy atom. The molecule has 0 fully saturated rings. The van der Waals surface area contributed by atoms with E-state index < -0.39 is 0 Å². The zero-order chi connectivity index (χ0) is 18.8. The first-order valence-electron chi connectivity index (χ1n) is 8.65. The number of hydrogen-bond acceptors (Lipinski definition) is 3. The third-order valence-electron chi connectivity index (χ3n) is 3.71. The van der Waals surface area contributed by atoms with Gasteiger partial charge in [0.2, 0.25) is 5.91 Å². The lowest BCUT2D eigenvalue weighted by Gasteiger charge is -2.08. The van der Waals surface area contributed by atoms with Gasteiger partial charge in [0.1, 0.15) is 5.75 Å². The molecule has 26 heavy (non-hydrogen) atoms. The zero-order valence-electron chi connectivity index (χ0n) is 15.2. The van der Waals surface area contributed by atoms with E-state index in [2.05, 4.69) is 16.0 Å². The first-order chi connectivity index (χ1) is 12.6. The molecule has 0 saturated carbocycles. The number of benzene rings is 2. The predicted octanol–water partition coefficient (Wildman–Crippen LogP) is 3.93. The maximum absolute atomic E-state index is 12.0. The Hall–Kier alpha value is -3.02. The van der Waals surface area contributed by atoms with Crippen molar-refractivity contribution in [1.29, 1.82) is 0 Å². The van der Waals surface area contributed by atoms with Gasteiger partial charge >= 0.3 is 6.03 Å². The number of ether oxygens (including phenoxy) is 1. The Bertz CT molecular complexity index is 729. The number of urea groups is 1. The average Bonchev–Trinajstić information content (AvgIpc) is 2.63. The Kier molecular flexibility index (Phi) is 7.49. The number of nitrogens with one attached hydrogen (secondary N) is 3. The summed E-state index contributed by atoms with van der Waals surface area (Å²) in [6, 6.07) is 14.6. The molecule has 2 rings (SSSR count). The minimum absolute atomic E-state index is 0.0347. The maximum Gasteiger partial charge on any atom is 0.318 e. The molecule has 138 valence electrons. The van der Waals surface area contributed by atoms with Gasteiger partial charge in [0.05, 0.1) is 6.61 Å². The summed E-state index contributed by atoms with van der Waals surface area (Å²) in [5.41, 5.74) is 2.53. The molecule has 3 amide bonds. The molecular formula is C20H25N3O3. The lowest BCUT2D eigenvalue weighted by Crippen LogP contribution is -2.24. The van der Waals surface area contributed by atoms with Crippen molar-refractivity contribution >= 4 is 23.3 Å². The molecule has 0 unspecified atom stereocenters. The van der Waals surface area contributed by atoms with Crippen molar-refractivity contribution < 1.29 is 14.3 Å². The summed E-state index contributed by atoms with van der Waals surface area (Å²) in [6.07, 6.45) is 2.01. The third kappa shape index (κ3) is 6.84. The van der Waals surface area contributed by atoms with Gasteiger partial charge in [-0.2, -0.15) is 0 Å². The van der Waals surface area contributed by atoms with Gasteiger partial charge in [-0.3, -0.25) is 4.79 Å². The van der Waals surface area contributed by atoms with Crippen LogP contribution in [0.5, 0.6) is 5.75 Å². The molecule has 0 radical (unpaired) electrons. The van der Waals surface area contributed by atoms with Crippen molar-refractivity contribution in [3.63, 3.8) is 0 Å². The Morgan fingerprint density at radius 1 is 0.962 bits per heavy atom. The normalized spacial score (nSPS) is 10.1. The second kappa shape index (κ2) is 10.1. The van der Waals surface area contributed by atoms with Crippen LogP contribution >= 0.6 is 0 Å². The van der Waals surface area contributed by atoms with E-state index in [1.54, 1.807) is 31.3 Å². The molecular weight excluding hydrogens is 330 g/mol. The van der Waals surface area contributed by atoms with E-state index in [0.717, 1.165) is 18.6 Å². The first-order valence-corrected chi connectivity index (χ1v) is 8.65. The van der Waals surface area contributed by atoms with Crippen LogP contribution < -0.4 is 20.7 Å². The molecule has 0 aliphatic rings. The zero-order valence-corrected chi connectivity index (χ0v) is 15.2. The number of unbranched alkanes of at least 4 members (excludes halogenated alkanes) is 1. The topological polar surface area (TPSA) is 79.5 Å². The molecule has 0 bridgehead atoms. The second-order valence-electron chi connectivity index (χ2n) is 5.95. The summed E-state index contributed by atoms with van der Waals surface area (Å²) in [5, 5.41) is 7.98. The third-order valence-corrected chi connectivity index (χ3v) is 3.71. The minimum Gasteiger partial charge on any atom is -0.494 e. The van der Waals surface area contributed by atoms with E-state index in [9.17, 15) is 9.59 Å². The van der Waals surface area contributed by atoms with Crippen LogP contribution in [0.3, 0.4) is 0 Å². The van der Waals surface area contributed by atoms with Gasteiger partial charge < -0.3 is 20.7 Å². The van der Waals surface area contributed by atoms with E-state index in [1.165, 1.54) is 5.56 Å². The quantitative estimate of drug-likeness (QED) is 0.628. The summed E-state index contributed by atoms with van der Waals surface area (Å²) < 4.78 is 5.67. The molecule has 0 spiro atoms. The smallest absolute Gasteiger partial charge is 0.318 e. The van der Waals surface area contributed by atoms with Crippen molar-refractivity contribution in [2.45, 2.75) is 26.2 Å². The van der Waals surface area contributed by atoms with Gasteiger partial charge in [0, 0.05) is 24.8 Å². The highest BCUT2D eigenvalue weighted by atomic mass is 16.5. The average molecular weight is 355 g/mol. The van der Waals surface area contributed by atoms with Crippen LogP contribution in [0.4, 0.5) is 16.2 Å². The molecule has 0 aliphatic carbocycles. The van der Waals surface area contributed by atoms with Gasteiger partial charge in [-0.1, -0.05) is 12.1 Å². The minimum atomic E-state index is -0.283. The molecule has 0 heterocycles. The van der Waals surface area contributed by atoms with Crippen LogP contribution in [0.1, 0.15) is 24.8 Å². The van der Waals surface area contributed by atoms with Gasteiger partial charge in [-0.25, -0.2) is 4.79 Å². The highest BCUT2D eigenvalue weighted by Crippen LogP contribution is 2.15. The molecule has 6 heteroatoms. The van der Waals surface area contributed by atoms with Crippen molar-refractivity contribution in [1.82, 2.24) is 5.32 Å². The highest BCUT2D eigenvalue weighted by Gasteiger charge is 2.04. The number of amides is 3.